The highest BCUT2D eigenvalue weighted by atomic mass is 32.2. The highest BCUT2D eigenvalue weighted by Crippen LogP contribution is 2.09. The number of amides is 1. The predicted molar refractivity (Wildman–Crippen MR) is 91.3 cm³/mol. The van der Waals surface area contributed by atoms with Gasteiger partial charge >= 0.3 is 0 Å². The number of H-pyrrole nitrogens is 1. The summed E-state index contributed by atoms with van der Waals surface area (Å²) in [6.07, 6.45) is 3.33. The molecule has 0 radical (unpaired) electrons. The van der Waals surface area contributed by atoms with Crippen molar-refractivity contribution in [1.29, 1.82) is 0 Å². The standard InChI is InChI=1S/C16H27N3O3S/c1-14(2)23(21,22)13-5-9-18-8-4-10-19(12-11-18)16(20)15-6-3-7-17-15/h3,6-7,14,17H,4-5,8-13H2,1-2H3. The van der Waals surface area contributed by atoms with Gasteiger partial charge in [-0.15, -0.1) is 0 Å². The number of aromatic amines is 1. The SMILES string of the molecule is CC(C)S(=O)(=O)CCCN1CCCN(C(=O)c2ccc[nH]2)CC1. The van der Waals surface area contributed by atoms with Crippen molar-refractivity contribution in [2.45, 2.75) is 31.9 Å². The van der Waals surface area contributed by atoms with Gasteiger partial charge in [-0.3, -0.25) is 4.79 Å². The summed E-state index contributed by atoms with van der Waals surface area (Å²) in [5.41, 5.74) is 0.626. The maximum atomic E-state index is 12.3. The van der Waals surface area contributed by atoms with Crippen molar-refractivity contribution in [2.24, 2.45) is 0 Å². The van der Waals surface area contributed by atoms with Gasteiger partial charge in [0, 0.05) is 25.8 Å². The van der Waals surface area contributed by atoms with Gasteiger partial charge < -0.3 is 14.8 Å². The minimum absolute atomic E-state index is 0.0410. The Bertz CT molecular complexity index is 596. The second-order valence-electron chi connectivity index (χ2n) is 6.34. The quantitative estimate of drug-likeness (QED) is 0.848. The van der Waals surface area contributed by atoms with E-state index in [9.17, 15) is 13.2 Å². The molecule has 0 saturated carbocycles. The zero-order chi connectivity index (χ0) is 16.9. The lowest BCUT2D eigenvalue weighted by Gasteiger charge is -2.21. The molecule has 6 nitrogen and oxygen atoms in total. The third-order valence-electron chi connectivity index (χ3n) is 4.33. The van der Waals surface area contributed by atoms with Gasteiger partial charge in [-0.25, -0.2) is 8.42 Å². The fraction of sp³-hybridized carbons (Fsp3) is 0.688. The van der Waals surface area contributed by atoms with Crippen LogP contribution in [-0.2, 0) is 9.84 Å². The first kappa shape index (κ1) is 18.0. The van der Waals surface area contributed by atoms with Crippen molar-refractivity contribution in [1.82, 2.24) is 14.8 Å². The molecule has 1 aromatic heterocycles. The number of aromatic nitrogens is 1. The van der Waals surface area contributed by atoms with Gasteiger partial charge in [-0.1, -0.05) is 0 Å². The molecule has 1 amide bonds. The smallest absolute Gasteiger partial charge is 0.270 e. The number of hydrogen-bond donors (Lipinski definition) is 1. The Morgan fingerprint density at radius 1 is 1.26 bits per heavy atom. The highest BCUT2D eigenvalue weighted by molar-refractivity contribution is 7.91. The van der Waals surface area contributed by atoms with Crippen LogP contribution in [0.3, 0.4) is 0 Å². The Morgan fingerprint density at radius 3 is 2.70 bits per heavy atom. The van der Waals surface area contributed by atoms with E-state index in [4.69, 9.17) is 0 Å². The van der Waals surface area contributed by atoms with E-state index in [1.165, 1.54) is 0 Å². The zero-order valence-electron chi connectivity index (χ0n) is 14.0. The lowest BCUT2D eigenvalue weighted by molar-refractivity contribution is 0.0756. The Hall–Kier alpha value is -1.34. The van der Waals surface area contributed by atoms with Crippen molar-refractivity contribution >= 4 is 15.7 Å². The number of sulfone groups is 1. The summed E-state index contributed by atoms with van der Waals surface area (Å²) in [7, 11) is -2.96. The van der Waals surface area contributed by atoms with Crippen LogP contribution in [0.1, 0.15) is 37.2 Å². The van der Waals surface area contributed by atoms with Crippen LogP contribution in [0.25, 0.3) is 0 Å². The van der Waals surface area contributed by atoms with Crippen molar-refractivity contribution in [3.8, 4) is 0 Å². The Labute approximate surface area is 138 Å². The molecule has 7 heteroatoms. The molecule has 1 aromatic rings. The maximum absolute atomic E-state index is 12.3. The minimum Gasteiger partial charge on any atom is -0.357 e. The van der Waals surface area contributed by atoms with E-state index in [0.717, 1.165) is 32.6 Å². The minimum atomic E-state index is -2.96. The largest absolute Gasteiger partial charge is 0.357 e. The van der Waals surface area contributed by atoms with Crippen molar-refractivity contribution < 1.29 is 13.2 Å². The van der Waals surface area contributed by atoms with E-state index >= 15 is 0 Å². The summed E-state index contributed by atoms with van der Waals surface area (Å²) in [4.78, 5) is 19.4. The molecule has 1 saturated heterocycles. The van der Waals surface area contributed by atoms with Crippen LogP contribution in [-0.4, -0.2) is 72.8 Å². The molecular formula is C16H27N3O3S. The number of hydrogen-bond acceptors (Lipinski definition) is 4. The van der Waals surface area contributed by atoms with Gasteiger partial charge in [0.25, 0.3) is 5.91 Å². The molecule has 1 fully saturated rings. The molecule has 0 aromatic carbocycles. The Kier molecular flexibility index (Phi) is 6.24. The summed E-state index contributed by atoms with van der Waals surface area (Å²) in [6, 6.07) is 3.62. The van der Waals surface area contributed by atoms with Gasteiger partial charge in [0.1, 0.15) is 5.69 Å². The fourth-order valence-corrected chi connectivity index (χ4v) is 3.76. The van der Waals surface area contributed by atoms with Crippen molar-refractivity contribution in [3.63, 3.8) is 0 Å². The molecule has 0 bridgehead atoms. The number of nitrogens with zero attached hydrogens (tertiary/aromatic N) is 2. The van der Waals surface area contributed by atoms with E-state index < -0.39 is 9.84 Å². The molecule has 23 heavy (non-hydrogen) atoms. The zero-order valence-corrected chi connectivity index (χ0v) is 14.8. The summed E-state index contributed by atoms with van der Waals surface area (Å²) in [5.74, 6) is 0.283. The second kappa shape index (κ2) is 7.97. The summed E-state index contributed by atoms with van der Waals surface area (Å²) >= 11 is 0. The molecule has 2 rings (SSSR count). The fourth-order valence-electron chi connectivity index (χ4n) is 2.76. The van der Waals surface area contributed by atoms with E-state index in [-0.39, 0.29) is 16.9 Å². The molecule has 1 aliphatic heterocycles. The normalized spacial score (nSPS) is 17.4. The van der Waals surface area contributed by atoms with Crippen LogP contribution in [0.2, 0.25) is 0 Å². The van der Waals surface area contributed by atoms with Crippen molar-refractivity contribution in [2.75, 3.05) is 38.5 Å². The average molecular weight is 341 g/mol. The van der Waals surface area contributed by atoms with Gasteiger partial charge in [0.05, 0.1) is 11.0 Å². The monoisotopic (exact) mass is 341 g/mol. The lowest BCUT2D eigenvalue weighted by atomic mass is 10.3. The average Bonchev–Trinajstić information content (AvgIpc) is 2.93. The second-order valence-corrected chi connectivity index (χ2v) is 9.02. The summed E-state index contributed by atoms with van der Waals surface area (Å²) < 4.78 is 23.7. The van der Waals surface area contributed by atoms with Gasteiger partial charge in [0.2, 0.25) is 0 Å². The van der Waals surface area contributed by atoms with Crippen LogP contribution >= 0.6 is 0 Å². The number of carbonyl (C=O) groups is 1. The number of carbonyl (C=O) groups excluding carboxylic acids is 1. The van der Waals surface area contributed by atoms with Gasteiger partial charge in [-0.2, -0.15) is 0 Å². The molecule has 0 unspecified atom stereocenters. The topological polar surface area (TPSA) is 73.5 Å². The van der Waals surface area contributed by atoms with Crippen LogP contribution < -0.4 is 0 Å². The molecule has 0 atom stereocenters. The molecule has 2 heterocycles. The third-order valence-corrected chi connectivity index (χ3v) is 6.62. The number of nitrogens with one attached hydrogen (secondary N) is 1. The van der Waals surface area contributed by atoms with E-state index in [0.29, 0.717) is 18.7 Å². The molecule has 0 aliphatic carbocycles. The summed E-state index contributed by atoms with van der Waals surface area (Å²) in [5, 5.41) is -0.305. The first-order valence-corrected chi connectivity index (χ1v) is 9.98. The third kappa shape index (κ3) is 5.07. The highest BCUT2D eigenvalue weighted by Gasteiger charge is 2.21. The maximum Gasteiger partial charge on any atom is 0.270 e. The molecule has 130 valence electrons. The van der Waals surface area contributed by atoms with Crippen LogP contribution in [0.5, 0.6) is 0 Å². The van der Waals surface area contributed by atoms with E-state index in [1.807, 2.05) is 11.0 Å². The molecule has 1 N–H and O–H groups in total. The Balaban J connectivity index is 1.79. The number of rotatable bonds is 6. The van der Waals surface area contributed by atoms with Crippen LogP contribution in [0.4, 0.5) is 0 Å². The van der Waals surface area contributed by atoms with Gasteiger partial charge in [0.15, 0.2) is 9.84 Å². The van der Waals surface area contributed by atoms with Crippen LogP contribution in [0, 0.1) is 0 Å². The summed E-state index contributed by atoms with van der Waals surface area (Å²) in [6.45, 7) is 7.38. The molecule has 0 spiro atoms. The first-order valence-electron chi connectivity index (χ1n) is 8.27. The first-order chi connectivity index (χ1) is 10.9. The predicted octanol–water partition coefficient (Wildman–Crippen LogP) is 1.38. The molecule has 1 aliphatic rings. The van der Waals surface area contributed by atoms with E-state index in [1.54, 1.807) is 26.1 Å². The molecular weight excluding hydrogens is 314 g/mol. The van der Waals surface area contributed by atoms with Crippen molar-refractivity contribution in [3.05, 3.63) is 24.0 Å². The van der Waals surface area contributed by atoms with E-state index in [2.05, 4.69) is 9.88 Å². The Morgan fingerprint density at radius 2 is 2.04 bits per heavy atom. The lowest BCUT2D eigenvalue weighted by Crippen LogP contribution is -2.36. The van der Waals surface area contributed by atoms with Gasteiger partial charge in [-0.05, 0) is 51.9 Å². The van der Waals surface area contributed by atoms with Crippen LogP contribution in [0.15, 0.2) is 18.3 Å².